The maximum absolute atomic E-state index is 13.6. The average Bonchev–Trinajstić information content (AvgIpc) is 2.40. The van der Waals surface area contributed by atoms with Gasteiger partial charge in [-0.3, -0.25) is 4.90 Å². The molecule has 1 aromatic rings. The summed E-state index contributed by atoms with van der Waals surface area (Å²) in [5.41, 5.74) is 0.740. The van der Waals surface area contributed by atoms with Crippen molar-refractivity contribution < 1.29 is 17.6 Å². The van der Waals surface area contributed by atoms with Crippen molar-refractivity contribution in [2.75, 3.05) is 26.2 Å². The van der Waals surface area contributed by atoms with Crippen molar-refractivity contribution in [1.29, 1.82) is 0 Å². The second-order valence-corrected chi connectivity index (χ2v) is 5.08. The number of halogens is 4. The second kappa shape index (κ2) is 6.10. The van der Waals surface area contributed by atoms with E-state index >= 15 is 0 Å². The zero-order valence-electron chi connectivity index (χ0n) is 11.3. The Kier molecular flexibility index (Phi) is 4.65. The number of benzene rings is 1. The van der Waals surface area contributed by atoms with E-state index in [9.17, 15) is 17.6 Å². The van der Waals surface area contributed by atoms with Gasteiger partial charge in [-0.2, -0.15) is 13.2 Å². The first-order valence-electron chi connectivity index (χ1n) is 6.65. The molecule has 1 heterocycles. The van der Waals surface area contributed by atoms with Gasteiger partial charge in [0.2, 0.25) is 0 Å². The van der Waals surface area contributed by atoms with E-state index in [0.29, 0.717) is 37.3 Å². The smallest absolute Gasteiger partial charge is 0.314 e. The second-order valence-electron chi connectivity index (χ2n) is 5.08. The van der Waals surface area contributed by atoms with Crippen LogP contribution in [0, 0.1) is 12.7 Å². The lowest BCUT2D eigenvalue weighted by molar-refractivity contribution is -0.148. The van der Waals surface area contributed by atoms with Crippen LogP contribution >= 0.6 is 0 Å². The molecule has 6 heteroatoms. The van der Waals surface area contributed by atoms with Gasteiger partial charge in [-0.25, -0.2) is 4.39 Å². The molecule has 1 N–H and O–H groups in total. The fourth-order valence-corrected chi connectivity index (χ4v) is 2.63. The highest BCUT2D eigenvalue weighted by Crippen LogP contribution is 2.35. The Morgan fingerprint density at radius 2 is 1.90 bits per heavy atom. The predicted molar refractivity (Wildman–Crippen MR) is 69.0 cm³/mol. The lowest BCUT2D eigenvalue weighted by atomic mass is 9.96. The maximum Gasteiger partial charge on any atom is 0.390 e. The van der Waals surface area contributed by atoms with Crippen LogP contribution in [0.5, 0.6) is 0 Å². The van der Waals surface area contributed by atoms with Crippen LogP contribution in [0.3, 0.4) is 0 Å². The summed E-state index contributed by atoms with van der Waals surface area (Å²) in [6.45, 7) is 3.93. The number of alkyl halides is 3. The normalized spacial score (nSPS) is 19.1. The first-order valence-corrected chi connectivity index (χ1v) is 6.65. The highest BCUT2D eigenvalue weighted by atomic mass is 19.4. The minimum Gasteiger partial charge on any atom is -0.314 e. The van der Waals surface area contributed by atoms with Gasteiger partial charge in [0.25, 0.3) is 0 Å². The first kappa shape index (κ1) is 15.3. The topological polar surface area (TPSA) is 15.3 Å². The third-order valence-electron chi connectivity index (χ3n) is 3.69. The molecule has 1 aliphatic rings. The van der Waals surface area contributed by atoms with Crippen molar-refractivity contribution in [1.82, 2.24) is 10.2 Å². The Labute approximate surface area is 115 Å². The first-order chi connectivity index (χ1) is 9.38. The molecule has 2 nitrogen and oxygen atoms in total. The molecule has 0 spiro atoms. The van der Waals surface area contributed by atoms with Crippen molar-refractivity contribution >= 4 is 0 Å². The molecule has 0 amide bonds. The van der Waals surface area contributed by atoms with Crippen molar-refractivity contribution in [3.8, 4) is 0 Å². The Bertz CT molecular complexity index is 453. The van der Waals surface area contributed by atoms with Gasteiger partial charge < -0.3 is 5.32 Å². The zero-order valence-corrected chi connectivity index (χ0v) is 11.3. The van der Waals surface area contributed by atoms with Gasteiger partial charge in [0.1, 0.15) is 5.82 Å². The van der Waals surface area contributed by atoms with Gasteiger partial charge >= 0.3 is 6.18 Å². The fraction of sp³-hybridized carbons (Fsp3) is 0.571. The highest BCUT2D eigenvalue weighted by molar-refractivity contribution is 5.30. The summed E-state index contributed by atoms with van der Waals surface area (Å²) < 4.78 is 52.2. The Morgan fingerprint density at radius 1 is 1.25 bits per heavy atom. The van der Waals surface area contributed by atoms with Crippen LogP contribution in [0.4, 0.5) is 17.6 Å². The fourth-order valence-electron chi connectivity index (χ4n) is 2.63. The van der Waals surface area contributed by atoms with E-state index in [0.717, 1.165) is 0 Å². The van der Waals surface area contributed by atoms with Crippen LogP contribution in [0.25, 0.3) is 0 Å². The van der Waals surface area contributed by atoms with E-state index in [-0.39, 0.29) is 0 Å². The zero-order chi connectivity index (χ0) is 14.8. The van der Waals surface area contributed by atoms with Crippen LogP contribution in [-0.4, -0.2) is 37.3 Å². The maximum atomic E-state index is 13.6. The van der Waals surface area contributed by atoms with Crippen LogP contribution < -0.4 is 5.32 Å². The highest BCUT2D eigenvalue weighted by Gasteiger charge is 2.36. The van der Waals surface area contributed by atoms with E-state index in [2.05, 4.69) is 5.32 Å². The van der Waals surface area contributed by atoms with Crippen molar-refractivity contribution in [2.45, 2.75) is 25.6 Å². The molecule has 20 heavy (non-hydrogen) atoms. The van der Waals surface area contributed by atoms with E-state index in [1.165, 1.54) is 19.1 Å². The lowest BCUT2D eigenvalue weighted by Gasteiger charge is -2.36. The SMILES string of the molecule is Cc1c(F)cccc1[C@H](CC(F)(F)F)N1CCNCC1. The van der Waals surface area contributed by atoms with Crippen LogP contribution in [-0.2, 0) is 0 Å². The van der Waals surface area contributed by atoms with Gasteiger partial charge in [0.05, 0.1) is 6.42 Å². The monoisotopic (exact) mass is 290 g/mol. The molecule has 1 aromatic carbocycles. The van der Waals surface area contributed by atoms with E-state index in [1.807, 2.05) is 0 Å². The number of nitrogens with zero attached hydrogens (tertiary/aromatic N) is 1. The van der Waals surface area contributed by atoms with E-state index in [1.54, 1.807) is 11.0 Å². The Hall–Kier alpha value is -1.14. The summed E-state index contributed by atoms with van der Waals surface area (Å²) in [6, 6.07) is 3.54. The molecule has 1 saturated heterocycles. The summed E-state index contributed by atoms with van der Waals surface area (Å²) in [4.78, 5) is 1.78. The number of nitrogens with one attached hydrogen (secondary N) is 1. The van der Waals surface area contributed by atoms with Crippen molar-refractivity contribution in [2.24, 2.45) is 0 Å². The Balaban J connectivity index is 2.32. The number of rotatable bonds is 3. The molecule has 112 valence electrons. The predicted octanol–water partition coefficient (Wildman–Crippen LogP) is 3.03. The summed E-state index contributed by atoms with van der Waals surface area (Å²) in [5.74, 6) is -0.454. The molecule has 0 aromatic heterocycles. The molecule has 0 bridgehead atoms. The summed E-state index contributed by atoms with van der Waals surface area (Å²) >= 11 is 0. The van der Waals surface area contributed by atoms with E-state index in [4.69, 9.17) is 0 Å². The van der Waals surface area contributed by atoms with Gasteiger partial charge in [-0.15, -0.1) is 0 Å². The molecule has 0 saturated carbocycles. The molecule has 1 fully saturated rings. The molecule has 2 rings (SSSR count). The molecule has 0 aliphatic carbocycles. The quantitative estimate of drug-likeness (QED) is 0.861. The number of hydrogen-bond donors (Lipinski definition) is 1. The summed E-state index contributed by atoms with van der Waals surface area (Å²) in [7, 11) is 0. The van der Waals surface area contributed by atoms with Crippen molar-refractivity contribution in [3.05, 3.63) is 35.1 Å². The molecular weight excluding hydrogens is 272 g/mol. The van der Waals surface area contributed by atoms with Gasteiger partial charge in [-0.1, -0.05) is 12.1 Å². The summed E-state index contributed by atoms with van der Waals surface area (Å²) in [6.07, 6.45) is -5.22. The van der Waals surface area contributed by atoms with Crippen LogP contribution in [0.15, 0.2) is 18.2 Å². The van der Waals surface area contributed by atoms with Gasteiger partial charge in [0, 0.05) is 32.2 Å². The Morgan fingerprint density at radius 3 is 2.50 bits per heavy atom. The van der Waals surface area contributed by atoms with E-state index < -0.39 is 24.5 Å². The van der Waals surface area contributed by atoms with Crippen LogP contribution in [0.2, 0.25) is 0 Å². The molecular formula is C14H18F4N2. The molecule has 0 radical (unpaired) electrons. The van der Waals surface area contributed by atoms with Crippen LogP contribution in [0.1, 0.15) is 23.6 Å². The van der Waals surface area contributed by atoms with Gasteiger partial charge in [0.15, 0.2) is 0 Å². The average molecular weight is 290 g/mol. The van der Waals surface area contributed by atoms with Gasteiger partial charge in [-0.05, 0) is 24.1 Å². The largest absolute Gasteiger partial charge is 0.390 e. The third-order valence-corrected chi connectivity index (χ3v) is 3.69. The standard InChI is InChI=1S/C14H18F4N2/c1-10-11(3-2-4-12(10)15)13(9-14(16,17)18)20-7-5-19-6-8-20/h2-4,13,19H,5-9H2,1H3/t13-/m0/s1. The molecule has 1 aliphatic heterocycles. The number of hydrogen-bond acceptors (Lipinski definition) is 2. The summed E-state index contributed by atoms with van der Waals surface area (Å²) in [5, 5.41) is 3.11. The lowest BCUT2D eigenvalue weighted by Crippen LogP contribution is -2.46. The number of piperazine rings is 1. The molecule has 0 unspecified atom stereocenters. The van der Waals surface area contributed by atoms with Crippen molar-refractivity contribution in [3.63, 3.8) is 0 Å². The third kappa shape index (κ3) is 3.70. The molecule has 1 atom stereocenters. The minimum atomic E-state index is -4.27. The minimum absolute atomic E-state index is 0.306.